The van der Waals surface area contributed by atoms with E-state index in [1.165, 1.54) is 22.7 Å². The second-order valence-electron chi connectivity index (χ2n) is 8.58. The van der Waals surface area contributed by atoms with E-state index in [4.69, 9.17) is 0 Å². The summed E-state index contributed by atoms with van der Waals surface area (Å²) < 4.78 is 65.8. The number of rotatable bonds is 5. The van der Waals surface area contributed by atoms with Crippen LogP contribution in [0, 0.1) is 0 Å². The first-order chi connectivity index (χ1) is 16.1. The van der Waals surface area contributed by atoms with Crippen molar-refractivity contribution in [3.8, 4) is 0 Å². The maximum absolute atomic E-state index is 12.9. The highest BCUT2D eigenvalue weighted by Gasteiger charge is 2.42. The van der Waals surface area contributed by atoms with Crippen LogP contribution in [0.4, 0.5) is 19.0 Å². The third-order valence-corrected chi connectivity index (χ3v) is 8.18. The monoisotopic (exact) mass is 493 g/mol. The van der Waals surface area contributed by atoms with E-state index >= 15 is 0 Å². The summed E-state index contributed by atoms with van der Waals surface area (Å²) >= 11 is 0. The molecule has 180 valence electrons. The Labute approximate surface area is 193 Å². The van der Waals surface area contributed by atoms with Crippen LogP contribution in [0.3, 0.4) is 0 Å². The van der Waals surface area contributed by atoms with Crippen molar-refractivity contribution < 1.29 is 26.4 Å². The summed E-state index contributed by atoms with van der Waals surface area (Å²) in [4.78, 5) is 24.6. The molecule has 2 fully saturated rings. The fraction of sp³-hybridized carbons (Fsp3) is 0.409. The molecule has 5 rings (SSSR count). The van der Waals surface area contributed by atoms with Gasteiger partial charge in [-0.15, -0.1) is 0 Å². The average Bonchev–Trinajstić information content (AvgIpc) is 3.38. The van der Waals surface area contributed by atoms with E-state index in [1.54, 1.807) is 23.2 Å². The minimum absolute atomic E-state index is 0.0664. The van der Waals surface area contributed by atoms with Gasteiger partial charge in [-0.2, -0.15) is 13.2 Å². The van der Waals surface area contributed by atoms with Gasteiger partial charge in [0.05, 0.1) is 11.3 Å². The third-order valence-electron chi connectivity index (χ3n) is 6.47. The number of fused-ring (bicyclic) bond motifs is 3. The van der Waals surface area contributed by atoms with Crippen LogP contribution < -0.4 is 4.90 Å². The highest BCUT2D eigenvalue weighted by Crippen LogP contribution is 2.36. The SMILES string of the molecule is O=C(CCS(=O)(=O)c1cccc2nccn12)N1CC2CCC(C1)N2c1ccc(C(F)(F)F)cn1. The van der Waals surface area contributed by atoms with Gasteiger partial charge < -0.3 is 9.80 Å². The molecule has 2 aliphatic rings. The third kappa shape index (κ3) is 4.10. The molecular formula is C22H22F3N5O3S. The van der Waals surface area contributed by atoms with Gasteiger partial charge in [-0.05, 0) is 37.1 Å². The highest BCUT2D eigenvalue weighted by atomic mass is 32.2. The number of pyridine rings is 2. The Bertz CT molecular complexity index is 1310. The zero-order chi connectivity index (χ0) is 24.1. The lowest BCUT2D eigenvalue weighted by molar-refractivity contribution is -0.138. The van der Waals surface area contributed by atoms with Crippen molar-refractivity contribution in [2.24, 2.45) is 0 Å². The number of alkyl halides is 3. The van der Waals surface area contributed by atoms with Crippen LogP contribution in [0.5, 0.6) is 0 Å². The quantitative estimate of drug-likeness (QED) is 0.543. The van der Waals surface area contributed by atoms with E-state index in [1.807, 2.05) is 4.90 Å². The van der Waals surface area contributed by atoms with Crippen molar-refractivity contribution in [1.29, 1.82) is 0 Å². The Kier molecular flexibility index (Phi) is 5.50. The largest absolute Gasteiger partial charge is 0.417 e. The maximum atomic E-state index is 12.9. The number of imidazole rings is 1. The van der Waals surface area contributed by atoms with Crippen LogP contribution in [-0.4, -0.2) is 64.5 Å². The Hall–Kier alpha value is -3.15. The molecule has 5 heterocycles. The maximum Gasteiger partial charge on any atom is 0.417 e. The Morgan fingerprint density at radius 1 is 1.06 bits per heavy atom. The summed E-state index contributed by atoms with van der Waals surface area (Å²) in [6.45, 7) is 0.768. The number of hydrogen-bond donors (Lipinski definition) is 0. The molecule has 0 spiro atoms. The molecule has 2 atom stereocenters. The number of nitrogens with zero attached hydrogens (tertiary/aromatic N) is 5. The Balaban J connectivity index is 1.24. The molecule has 0 radical (unpaired) electrons. The molecular weight excluding hydrogens is 471 g/mol. The second-order valence-corrected chi connectivity index (χ2v) is 10.6. The van der Waals surface area contributed by atoms with E-state index in [-0.39, 0.29) is 35.2 Å². The minimum Gasteiger partial charge on any atom is -0.347 e. The van der Waals surface area contributed by atoms with Gasteiger partial charge in [-0.3, -0.25) is 9.20 Å². The van der Waals surface area contributed by atoms with Crippen LogP contribution in [-0.2, 0) is 20.8 Å². The number of carbonyl (C=O) groups is 1. The van der Waals surface area contributed by atoms with E-state index < -0.39 is 21.6 Å². The van der Waals surface area contributed by atoms with Crippen molar-refractivity contribution in [2.45, 2.75) is 42.5 Å². The van der Waals surface area contributed by atoms with E-state index in [0.29, 0.717) is 24.6 Å². The first-order valence-electron chi connectivity index (χ1n) is 10.9. The Morgan fingerprint density at radius 3 is 2.44 bits per heavy atom. The molecule has 3 aromatic rings. The second kappa shape index (κ2) is 8.26. The van der Waals surface area contributed by atoms with Crippen LogP contribution in [0.25, 0.3) is 5.65 Å². The fourth-order valence-corrected chi connectivity index (χ4v) is 6.24. The van der Waals surface area contributed by atoms with Crippen molar-refractivity contribution in [2.75, 3.05) is 23.7 Å². The number of carbonyl (C=O) groups excluding carboxylic acids is 1. The summed E-state index contributed by atoms with van der Waals surface area (Å²) in [5.74, 6) is -0.110. The molecule has 34 heavy (non-hydrogen) atoms. The van der Waals surface area contributed by atoms with Gasteiger partial charge in [0.1, 0.15) is 16.5 Å². The van der Waals surface area contributed by atoms with Gasteiger partial charge in [0.15, 0.2) is 9.84 Å². The topological polar surface area (TPSA) is 87.9 Å². The van der Waals surface area contributed by atoms with Gasteiger partial charge in [0, 0.05) is 50.2 Å². The number of sulfone groups is 1. The number of piperazine rings is 1. The van der Waals surface area contributed by atoms with Gasteiger partial charge in [0.25, 0.3) is 0 Å². The molecule has 2 unspecified atom stereocenters. The van der Waals surface area contributed by atoms with Gasteiger partial charge >= 0.3 is 6.18 Å². The van der Waals surface area contributed by atoms with Crippen LogP contribution in [0.1, 0.15) is 24.8 Å². The zero-order valence-corrected chi connectivity index (χ0v) is 18.8. The van der Waals surface area contributed by atoms with Crippen LogP contribution >= 0.6 is 0 Å². The predicted octanol–water partition coefficient (Wildman–Crippen LogP) is 2.79. The standard InChI is InChI=1S/C22H22F3N5O3S/c23-22(24,25)15-4-7-19(27-12-15)30-16-5-6-17(30)14-28(13-16)20(31)8-11-34(32,33)21-3-1-2-18-26-9-10-29(18)21/h1-4,7,9-10,12,16-17H,5-6,8,11,13-14H2. The normalized spacial score (nSPS) is 20.8. The van der Waals surface area contributed by atoms with Crippen molar-refractivity contribution in [3.05, 3.63) is 54.5 Å². The summed E-state index contributed by atoms with van der Waals surface area (Å²) in [5.41, 5.74) is -0.290. The summed E-state index contributed by atoms with van der Waals surface area (Å²) in [5, 5.41) is 0.0913. The lowest BCUT2D eigenvalue weighted by Gasteiger charge is -2.42. The van der Waals surface area contributed by atoms with Gasteiger partial charge in [-0.1, -0.05) is 6.07 Å². The highest BCUT2D eigenvalue weighted by molar-refractivity contribution is 7.91. The number of halogens is 3. The van der Waals surface area contributed by atoms with E-state index in [0.717, 1.165) is 25.1 Å². The fourth-order valence-electron chi connectivity index (χ4n) is 4.85. The summed E-state index contributed by atoms with van der Waals surface area (Å²) in [7, 11) is -3.71. The smallest absolute Gasteiger partial charge is 0.347 e. The minimum atomic E-state index is -4.45. The molecule has 2 bridgehead atoms. The van der Waals surface area contributed by atoms with Crippen molar-refractivity contribution in [3.63, 3.8) is 0 Å². The molecule has 0 aromatic carbocycles. The van der Waals surface area contributed by atoms with E-state index in [9.17, 15) is 26.4 Å². The molecule has 1 amide bonds. The predicted molar refractivity (Wildman–Crippen MR) is 117 cm³/mol. The zero-order valence-electron chi connectivity index (χ0n) is 18.0. The molecule has 3 aromatic heterocycles. The molecule has 0 saturated carbocycles. The lowest BCUT2D eigenvalue weighted by atomic mass is 10.1. The number of anilines is 1. The molecule has 8 nitrogen and oxygen atoms in total. The lowest BCUT2D eigenvalue weighted by Crippen LogP contribution is -2.55. The average molecular weight is 494 g/mol. The van der Waals surface area contributed by atoms with Crippen LogP contribution in [0.15, 0.2) is 53.9 Å². The molecule has 2 aliphatic heterocycles. The van der Waals surface area contributed by atoms with Gasteiger partial charge in [-0.25, -0.2) is 18.4 Å². The number of likely N-dealkylation sites (tertiary alicyclic amines) is 1. The number of hydrogen-bond acceptors (Lipinski definition) is 6. The summed E-state index contributed by atoms with van der Waals surface area (Å²) in [6, 6.07) is 7.06. The first-order valence-corrected chi connectivity index (χ1v) is 12.5. The molecule has 0 aliphatic carbocycles. The number of aromatic nitrogens is 3. The number of amides is 1. The first kappa shape index (κ1) is 22.6. The molecule has 12 heteroatoms. The van der Waals surface area contributed by atoms with Crippen molar-refractivity contribution >= 4 is 27.2 Å². The summed E-state index contributed by atoms with van der Waals surface area (Å²) in [6.07, 6.45) is 0.898. The van der Waals surface area contributed by atoms with E-state index in [2.05, 4.69) is 9.97 Å². The van der Waals surface area contributed by atoms with Gasteiger partial charge in [0.2, 0.25) is 5.91 Å². The Morgan fingerprint density at radius 2 is 1.79 bits per heavy atom. The van der Waals surface area contributed by atoms with Crippen LogP contribution in [0.2, 0.25) is 0 Å². The molecule has 0 N–H and O–H groups in total. The molecule has 2 saturated heterocycles. The van der Waals surface area contributed by atoms with Crippen molar-refractivity contribution in [1.82, 2.24) is 19.3 Å².